The van der Waals surface area contributed by atoms with E-state index in [1.807, 2.05) is 42.5 Å². The number of ether oxygens (including phenoxy) is 5. The van der Waals surface area contributed by atoms with Gasteiger partial charge in [0.2, 0.25) is 5.88 Å². The average molecular weight is 1140 g/mol. The number of pyridine rings is 1. The molecule has 8 heterocycles. The lowest BCUT2D eigenvalue weighted by atomic mass is 9.59. The molecule has 4 atom stereocenters. The first kappa shape index (κ1) is 54.2. The van der Waals surface area contributed by atoms with Crippen LogP contribution in [0.2, 0.25) is 0 Å². The summed E-state index contributed by atoms with van der Waals surface area (Å²) in [6.45, 7) is 12.7. The molecule has 3 N–H and O–H groups in total. The highest BCUT2D eigenvalue weighted by atomic mass is 32.2. The molecule has 19 nitrogen and oxygen atoms in total. The van der Waals surface area contributed by atoms with Crippen LogP contribution in [0.25, 0.3) is 11.0 Å². The van der Waals surface area contributed by atoms with Gasteiger partial charge in [0.05, 0.1) is 51.9 Å². The summed E-state index contributed by atoms with van der Waals surface area (Å²) in [6, 6.07) is 25.5. The lowest BCUT2D eigenvalue weighted by molar-refractivity contribution is -0.384. The van der Waals surface area contributed by atoms with Crippen LogP contribution >= 0.6 is 0 Å². The molecule has 1 saturated carbocycles. The molecule has 0 bridgehead atoms. The minimum Gasteiger partial charge on any atom is -0.491 e. The Labute approximate surface area is 476 Å². The molecule has 4 saturated heterocycles. The number of nitrogens with zero attached hydrogens (tertiary/aromatic N) is 6. The molecule has 7 aliphatic rings. The quantitative estimate of drug-likeness (QED) is 0.0727. The second-order valence-corrected chi connectivity index (χ2v) is 25.4. The third kappa shape index (κ3) is 10.5. The first-order chi connectivity index (χ1) is 39.7. The van der Waals surface area contributed by atoms with Gasteiger partial charge in [-0.05, 0) is 131 Å². The van der Waals surface area contributed by atoms with Crippen LogP contribution in [0.5, 0.6) is 17.4 Å². The van der Waals surface area contributed by atoms with Crippen molar-refractivity contribution < 1.29 is 46.2 Å². The molecule has 4 aromatic carbocycles. The Balaban J connectivity index is 0.773. The predicted molar refractivity (Wildman–Crippen MR) is 307 cm³/mol. The fraction of sp³-hybridized carbons (Fsp3) is 0.475. The number of hydrogen-bond donors (Lipinski definition) is 3. The van der Waals surface area contributed by atoms with E-state index in [1.54, 1.807) is 25.3 Å². The zero-order chi connectivity index (χ0) is 56.4. The zero-order valence-electron chi connectivity index (χ0n) is 46.5. The standard InChI is InChI=1S/C61H70FN9O10S/c1-37(2)80-54-7-5-4-6-45(54)53-34-67(33-39-9-8-38(3)47(62)26-39)21-22-69(53)43-31-61(32-43)16-19-68(20-17-61)42-10-11-46(50(28-42)70-49-15-25-78-36-56(49)81-60-52(70)27-41-12-18-63-58(41)65-60)59(72)66-82(75,76)44-29-51(71(73)74)57-55(30-44)79-35-48(64-57)40-13-23-77-24-14-40/h4-12,18,26-30,37,40,43,48-49,53,56,64H,13-17,19-25,31-36H2,1-3H3,(H,63,65)(H,66,72)/t48-,49-,53-,56-/m0/s1. The molecule has 1 spiro atoms. The highest BCUT2D eigenvalue weighted by Crippen LogP contribution is 2.54. The van der Waals surface area contributed by atoms with Gasteiger partial charge in [0.15, 0.2) is 11.4 Å². The lowest BCUT2D eigenvalue weighted by Crippen LogP contribution is -2.59. The number of halogens is 1. The number of aromatic nitrogens is 2. The molecule has 432 valence electrons. The monoisotopic (exact) mass is 1140 g/mol. The Kier molecular flexibility index (Phi) is 14.5. The highest BCUT2D eigenvalue weighted by molar-refractivity contribution is 7.90. The first-order valence-electron chi connectivity index (χ1n) is 28.9. The minimum absolute atomic E-state index is 0.0159. The number of anilines is 4. The van der Waals surface area contributed by atoms with E-state index in [2.05, 4.69) is 66.7 Å². The molecular formula is C61H70FN9O10S. The topological polar surface area (TPSA) is 206 Å². The van der Waals surface area contributed by atoms with Crippen molar-refractivity contribution in [2.24, 2.45) is 11.3 Å². The Morgan fingerprint density at radius 2 is 1.74 bits per heavy atom. The molecule has 6 aromatic rings. The van der Waals surface area contributed by atoms with Crippen molar-refractivity contribution in [2.75, 3.05) is 80.9 Å². The number of nitrogens with one attached hydrogen (secondary N) is 3. The summed E-state index contributed by atoms with van der Waals surface area (Å²) in [4.78, 5) is 44.0. The Hall–Kier alpha value is -7.04. The van der Waals surface area contributed by atoms with Gasteiger partial charge in [-0.1, -0.05) is 30.3 Å². The molecule has 0 unspecified atom stereocenters. The van der Waals surface area contributed by atoms with Crippen molar-refractivity contribution in [3.63, 3.8) is 0 Å². The Morgan fingerprint density at radius 3 is 2.54 bits per heavy atom. The average Bonchev–Trinajstić information content (AvgIpc) is 3.91. The normalized spacial score (nSPS) is 23.2. The van der Waals surface area contributed by atoms with Crippen LogP contribution in [0, 0.1) is 34.2 Å². The minimum atomic E-state index is -4.72. The number of piperazine rings is 1. The van der Waals surface area contributed by atoms with E-state index in [0.717, 1.165) is 99.7 Å². The van der Waals surface area contributed by atoms with E-state index in [9.17, 15) is 27.7 Å². The molecule has 2 aromatic heterocycles. The number of amides is 1. The van der Waals surface area contributed by atoms with Crippen molar-refractivity contribution in [1.82, 2.24) is 24.5 Å². The van der Waals surface area contributed by atoms with Crippen LogP contribution in [-0.2, 0) is 26.0 Å². The maximum atomic E-state index is 14.9. The summed E-state index contributed by atoms with van der Waals surface area (Å²) in [5.74, 6) is 0.336. The second kappa shape index (κ2) is 21.9. The van der Waals surface area contributed by atoms with Gasteiger partial charge < -0.3 is 43.8 Å². The number of hydrogen-bond acceptors (Lipinski definition) is 16. The predicted octanol–water partition coefficient (Wildman–Crippen LogP) is 9.42. The van der Waals surface area contributed by atoms with Gasteiger partial charge in [-0.15, -0.1) is 0 Å². The molecule has 13 rings (SSSR count). The number of nitro groups is 1. The number of fused-ring (bicyclic) bond motifs is 4. The van der Waals surface area contributed by atoms with Crippen LogP contribution in [0.4, 0.5) is 32.8 Å². The van der Waals surface area contributed by atoms with E-state index in [4.69, 9.17) is 28.7 Å². The van der Waals surface area contributed by atoms with Gasteiger partial charge >= 0.3 is 0 Å². The smallest absolute Gasteiger partial charge is 0.297 e. The number of H-pyrrole nitrogens is 1. The fourth-order valence-electron chi connectivity index (χ4n) is 13.9. The van der Waals surface area contributed by atoms with Gasteiger partial charge in [0.1, 0.15) is 35.6 Å². The van der Waals surface area contributed by atoms with Crippen LogP contribution < -0.4 is 34.0 Å². The number of carbonyl (C=O) groups is 1. The summed E-state index contributed by atoms with van der Waals surface area (Å²) < 4.78 is 76.5. The summed E-state index contributed by atoms with van der Waals surface area (Å²) in [7, 11) is -4.72. The SMILES string of the molecule is Cc1ccc(CN2CCN(C3CC4(CCN(c5ccc(C(=O)NS(=O)(=O)c6cc7c(c([N+](=O)[O-])c6)N[C@H](C6CCOCC6)CO7)c(N6c7cc8cc[nH]c8nc7O[C@H]7COCC[C@@H]76)c5)CC4)C3)[C@H](c3ccccc3OC(C)C)C2)cc1F. The van der Waals surface area contributed by atoms with E-state index in [1.165, 1.54) is 11.6 Å². The largest absolute Gasteiger partial charge is 0.491 e. The van der Waals surface area contributed by atoms with Crippen molar-refractivity contribution in [3.05, 3.63) is 129 Å². The molecule has 21 heteroatoms. The maximum absolute atomic E-state index is 14.9. The Bertz CT molecular complexity index is 3520. The number of sulfonamides is 1. The van der Waals surface area contributed by atoms with Crippen LogP contribution in [0.3, 0.4) is 0 Å². The van der Waals surface area contributed by atoms with Crippen LogP contribution in [-0.4, -0.2) is 135 Å². The third-order valence-electron chi connectivity index (χ3n) is 18.2. The summed E-state index contributed by atoms with van der Waals surface area (Å²) in [5, 5.41) is 16.7. The summed E-state index contributed by atoms with van der Waals surface area (Å²) in [6.07, 6.45) is 7.50. The molecular weight excluding hydrogens is 1070 g/mol. The highest BCUT2D eigenvalue weighted by Gasteiger charge is 2.51. The van der Waals surface area contributed by atoms with Crippen molar-refractivity contribution in [1.29, 1.82) is 0 Å². The Morgan fingerprint density at radius 1 is 0.939 bits per heavy atom. The van der Waals surface area contributed by atoms with E-state index in [-0.39, 0.29) is 71.6 Å². The van der Waals surface area contributed by atoms with Crippen molar-refractivity contribution in [2.45, 2.75) is 114 Å². The second-order valence-electron chi connectivity index (χ2n) is 23.7. The number of para-hydroxylation sites is 1. The van der Waals surface area contributed by atoms with E-state index < -0.39 is 37.5 Å². The summed E-state index contributed by atoms with van der Waals surface area (Å²) >= 11 is 0. The molecule has 6 aliphatic heterocycles. The van der Waals surface area contributed by atoms with Gasteiger partial charge in [-0.3, -0.25) is 24.7 Å². The van der Waals surface area contributed by atoms with E-state index >= 15 is 0 Å². The molecule has 1 aliphatic carbocycles. The number of nitro benzene ring substituents is 1. The number of aryl methyl sites for hydroxylation is 1. The number of rotatable bonds is 13. The van der Waals surface area contributed by atoms with Crippen LogP contribution in [0.15, 0.2) is 96.0 Å². The maximum Gasteiger partial charge on any atom is 0.297 e. The van der Waals surface area contributed by atoms with Crippen molar-refractivity contribution >= 4 is 55.4 Å². The molecule has 0 radical (unpaired) electrons. The molecule has 1 amide bonds. The number of benzene rings is 4. The lowest BCUT2D eigenvalue weighted by Gasteiger charge is -2.58. The number of carbonyl (C=O) groups excluding carboxylic acids is 1. The third-order valence-corrected chi connectivity index (χ3v) is 19.6. The van der Waals surface area contributed by atoms with Gasteiger partial charge in [-0.25, -0.2) is 17.5 Å². The summed E-state index contributed by atoms with van der Waals surface area (Å²) in [5.41, 5.74) is 5.26. The number of piperidine rings is 1. The zero-order valence-corrected chi connectivity index (χ0v) is 47.3. The van der Waals surface area contributed by atoms with Gasteiger partial charge in [-0.2, -0.15) is 4.98 Å². The van der Waals surface area contributed by atoms with Crippen molar-refractivity contribution in [3.8, 4) is 17.4 Å². The fourth-order valence-corrected chi connectivity index (χ4v) is 14.9. The van der Waals surface area contributed by atoms with Gasteiger partial charge in [0, 0.05) is 100 Å². The van der Waals surface area contributed by atoms with E-state index in [0.29, 0.717) is 67.3 Å². The van der Waals surface area contributed by atoms with Gasteiger partial charge in [0.25, 0.3) is 21.6 Å². The first-order valence-corrected chi connectivity index (χ1v) is 30.4. The number of aromatic amines is 1. The molecule has 5 fully saturated rings. The van der Waals surface area contributed by atoms with Crippen LogP contribution in [0.1, 0.15) is 91.9 Å². The molecule has 82 heavy (non-hydrogen) atoms.